The van der Waals surface area contributed by atoms with Gasteiger partial charge in [0.1, 0.15) is 5.69 Å². The summed E-state index contributed by atoms with van der Waals surface area (Å²) in [4.78, 5) is 34.9. The fourth-order valence-electron chi connectivity index (χ4n) is 3.34. The van der Waals surface area contributed by atoms with Gasteiger partial charge in [-0.2, -0.15) is 0 Å². The van der Waals surface area contributed by atoms with E-state index in [1.165, 1.54) is 6.26 Å². The van der Waals surface area contributed by atoms with Gasteiger partial charge in [-0.1, -0.05) is 18.2 Å². The van der Waals surface area contributed by atoms with Gasteiger partial charge in [-0.15, -0.1) is 0 Å². The lowest BCUT2D eigenvalue weighted by molar-refractivity contribution is 0.0515. The summed E-state index contributed by atoms with van der Waals surface area (Å²) in [5.41, 5.74) is 2.35. The van der Waals surface area contributed by atoms with E-state index in [1.54, 1.807) is 34.2 Å². The average molecular weight is 390 g/mol. The zero-order chi connectivity index (χ0) is 20.2. The van der Waals surface area contributed by atoms with Crippen LogP contribution in [0.3, 0.4) is 0 Å². The Morgan fingerprint density at radius 2 is 1.55 bits per heavy atom. The van der Waals surface area contributed by atoms with Gasteiger partial charge in [-0.25, -0.2) is 4.98 Å². The molecule has 0 atom stereocenters. The molecule has 7 heteroatoms. The Balaban J connectivity index is 1.37. The standard InChI is InChI=1S/C22H22N4O3/c1-24(17-6-3-2-4-7-17)18-9-10-19(23-16-18)21(27)25-11-13-26(14-12-25)22(28)20-8-5-15-29-20/h2-10,15-16H,11-14H2,1H3. The van der Waals surface area contributed by atoms with Gasteiger partial charge >= 0.3 is 0 Å². The molecule has 7 nitrogen and oxygen atoms in total. The van der Waals surface area contributed by atoms with Gasteiger partial charge in [0, 0.05) is 38.9 Å². The Labute approximate surface area is 169 Å². The van der Waals surface area contributed by atoms with Crippen molar-refractivity contribution < 1.29 is 14.0 Å². The second-order valence-corrected chi connectivity index (χ2v) is 6.86. The molecule has 3 aromatic rings. The Morgan fingerprint density at radius 1 is 0.862 bits per heavy atom. The minimum atomic E-state index is -0.145. The molecular weight excluding hydrogens is 368 g/mol. The molecule has 3 heterocycles. The molecule has 1 fully saturated rings. The van der Waals surface area contributed by atoms with E-state index in [4.69, 9.17) is 4.42 Å². The summed E-state index contributed by atoms with van der Waals surface area (Å²) in [6.07, 6.45) is 3.19. The topological polar surface area (TPSA) is 69.9 Å². The van der Waals surface area contributed by atoms with Crippen LogP contribution in [0.15, 0.2) is 71.5 Å². The zero-order valence-electron chi connectivity index (χ0n) is 16.2. The first-order valence-corrected chi connectivity index (χ1v) is 9.50. The first-order chi connectivity index (χ1) is 14.1. The minimum Gasteiger partial charge on any atom is -0.459 e. The first kappa shape index (κ1) is 18.7. The number of para-hydroxylation sites is 1. The number of benzene rings is 1. The summed E-state index contributed by atoms with van der Waals surface area (Å²) in [6.45, 7) is 1.89. The van der Waals surface area contributed by atoms with E-state index in [0.717, 1.165) is 11.4 Å². The van der Waals surface area contributed by atoms with Gasteiger partial charge in [0.2, 0.25) is 0 Å². The van der Waals surface area contributed by atoms with Crippen molar-refractivity contribution in [3.63, 3.8) is 0 Å². The molecule has 1 aliphatic heterocycles. The van der Waals surface area contributed by atoms with Crippen LogP contribution in [0.25, 0.3) is 0 Å². The highest BCUT2D eigenvalue weighted by atomic mass is 16.3. The smallest absolute Gasteiger partial charge is 0.289 e. The lowest BCUT2D eigenvalue weighted by Crippen LogP contribution is -2.50. The molecule has 0 radical (unpaired) electrons. The summed E-state index contributed by atoms with van der Waals surface area (Å²) < 4.78 is 5.17. The van der Waals surface area contributed by atoms with Crippen LogP contribution in [-0.4, -0.2) is 59.8 Å². The number of anilines is 2. The number of nitrogens with zero attached hydrogens (tertiary/aromatic N) is 4. The number of rotatable bonds is 4. The highest BCUT2D eigenvalue weighted by Crippen LogP contribution is 2.22. The zero-order valence-corrected chi connectivity index (χ0v) is 16.2. The normalized spacial score (nSPS) is 14.0. The Bertz CT molecular complexity index is 963. The van der Waals surface area contributed by atoms with Crippen LogP contribution < -0.4 is 4.90 Å². The molecule has 1 saturated heterocycles. The van der Waals surface area contributed by atoms with E-state index in [1.807, 2.05) is 48.3 Å². The highest BCUT2D eigenvalue weighted by molar-refractivity contribution is 5.94. The Morgan fingerprint density at radius 3 is 2.14 bits per heavy atom. The molecular formula is C22H22N4O3. The maximum absolute atomic E-state index is 12.8. The number of aromatic nitrogens is 1. The molecule has 2 aromatic heterocycles. The lowest BCUT2D eigenvalue weighted by atomic mass is 10.2. The predicted octanol–water partition coefficient (Wildman–Crippen LogP) is 3.04. The molecule has 1 aromatic carbocycles. The van der Waals surface area contributed by atoms with Gasteiger partial charge in [-0.05, 0) is 36.4 Å². The fourth-order valence-corrected chi connectivity index (χ4v) is 3.34. The number of amides is 2. The monoisotopic (exact) mass is 390 g/mol. The summed E-state index contributed by atoms with van der Waals surface area (Å²) >= 11 is 0. The molecule has 1 aliphatic rings. The number of pyridine rings is 1. The quantitative estimate of drug-likeness (QED) is 0.685. The van der Waals surface area contributed by atoms with Crippen LogP contribution in [0.5, 0.6) is 0 Å². The van der Waals surface area contributed by atoms with Crippen LogP contribution in [-0.2, 0) is 0 Å². The van der Waals surface area contributed by atoms with Crippen molar-refractivity contribution in [1.82, 2.24) is 14.8 Å². The van der Waals surface area contributed by atoms with Crippen molar-refractivity contribution in [2.24, 2.45) is 0 Å². The van der Waals surface area contributed by atoms with Crippen molar-refractivity contribution in [2.45, 2.75) is 0 Å². The molecule has 0 aliphatic carbocycles. The third kappa shape index (κ3) is 3.99. The van der Waals surface area contributed by atoms with Crippen molar-refractivity contribution in [3.8, 4) is 0 Å². The highest BCUT2D eigenvalue weighted by Gasteiger charge is 2.27. The van der Waals surface area contributed by atoms with Crippen molar-refractivity contribution in [2.75, 3.05) is 38.1 Å². The molecule has 0 spiro atoms. The lowest BCUT2D eigenvalue weighted by Gasteiger charge is -2.34. The number of piperazine rings is 1. The van der Waals surface area contributed by atoms with Crippen LogP contribution in [0, 0.1) is 0 Å². The minimum absolute atomic E-state index is 0.121. The van der Waals surface area contributed by atoms with Gasteiger partial charge in [0.05, 0.1) is 18.1 Å². The summed E-state index contributed by atoms with van der Waals surface area (Å²) in [5.74, 6) is 0.0575. The number of furan rings is 1. The molecule has 4 rings (SSSR count). The first-order valence-electron chi connectivity index (χ1n) is 9.50. The molecule has 29 heavy (non-hydrogen) atoms. The number of hydrogen-bond donors (Lipinski definition) is 0. The van der Waals surface area contributed by atoms with E-state index in [2.05, 4.69) is 4.98 Å². The Hall–Kier alpha value is -3.61. The number of hydrogen-bond acceptors (Lipinski definition) is 5. The third-order valence-electron chi connectivity index (χ3n) is 5.08. The maximum atomic E-state index is 12.8. The van der Waals surface area contributed by atoms with E-state index in [0.29, 0.717) is 37.6 Å². The summed E-state index contributed by atoms with van der Waals surface area (Å²) in [5, 5.41) is 0. The molecule has 0 N–H and O–H groups in total. The van der Waals surface area contributed by atoms with E-state index in [9.17, 15) is 9.59 Å². The number of carbonyl (C=O) groups is 2. The van der Waals surface area contributed by atoms with Crippen molar-refractivity contribution in [3.05, 3.63) is 78.5 Å². The largest absolute Gasteiger partial charge is 0.459 e. The van der Waals surface area contributed by atoms with Gasteiger partial charge in [0.15, 0.2) is 5.76 Å². The van der Waals surface area contributed by atoms with E-state index < -0.39 is 0 Å². The van der Waals surface area contributed by atoms with Gasteiger partial charge < -0.3 is 19.1 Å². The molecule has 0 unspecified atom stereocenters. The van der Waals surface area contributed by atoms with Crippen LogP contribution in [0.2, 0.25) is 0 Å². The number of carbonyl (C=O) groups excluding carboxylic acids is 2. The van der Waals surface area contributed by atoms with Gasteiger partial charge in [-0.3, -0.25) is 9.59 Å². The van der Waals surface area contributed by atoms with E-state index in [-0.39, 0.29) is 11.8 Å². The molecule has 148 valence electrons. The fraction of sp³-hybridized carbons (Fsp3) is 0.227. The van der Waals surface area contributed by atoms with E-state index >= 15 is 0 Å². The average Bonchev–Trinajstić information content (AvgIpc) is 3.33. The predicted molar refractivity (Wildman–Crippen MR) is 109 cm³/mol. The Kier molecular flexibility index (Phi) is 5.29. The van der Waals surface area contributed by atoms with Crippen LogP contribution >= 0.6 is 0 Å². The molecule has 2 amide bonds. The van der Waals surface area contributed by atoms with Crippen LogP contribution in [0.1, 0.15) is 21.0 Å². The summed E-state index contributed by atoms with van der Waals surface area (Å²) in [6, 6.07) is 16.9. The van der Waals surface area contributed by atoms with Crippen molar-refractivity contribution >= 4 is 23.2 Å². The van der Waals surface area contributed by atoms with Gasteiger partial charge in [0.25, 0.3) is 11.8 Å². The SMILES string of the molecule is CN(c1ccccc1)c1ccc(C(=O)N2CCN(C(=O)c3ccco3)CC2)nc1. The molecule has 0 saturated carbocycles. The molecule has 0 bridgehead atoms. The van der Waals surface area contributed by atoms with Crippen molar-refractivity contribution in [1.29, 1.82) is 0 Å². The summed E-state index contributed by atoms with van der Waals surface area (Å²) in [7, 11) is 1.96. The second-order valence-electron chi connectivity index (χ2n) is 6.86. The second kappa shape index (κ2) is 8.18. The third-order valence-corrected chi connectivity index (χ3v) is 5.08. The van der Waals surface area contributed by atoms with Crippen LogP contribution in [0.4, 0.5) is 11.4 Å². The maximum Gasteiger partial charge on any atom is 0.289 e.